The average molecular weight is 405 g/mol. The van der Waals surface area contributed by atoms with Crippen molar-refractivity contribution >= 4 is 32.1 Å². The van der Waals surface area contributed by atoms with Crippen molar-refractivity contribution in [3.63, 3.8) is 0 Å². The van der Waals surface area contributed by atoms with Crippen LogP contribution < -0.4 is 5.30 Å². The summed E-state index contributed by atoms with van der Waals surface area (Å²) >= 11 is -0.472. The molecular formula is C8H12Cl2PPt+. The van der Waals surface area contributed by atoms with Gasteiger partial charge in [0.1, 0.15) is 0 Å². The molecule has 0 aliphatic carbocycles. The monoisotopic (exact) mass is 404 g/mol. The maximum atomic E-state index is 4.88. The Balaban J connectivity index is 0.000000354. The van der Waals surface area contributed by atoms with E-state index in [9.17, 15) is 0 Å². The van der Waals surface area contributed by atoms with Crippen molar-refractivity contribution in [2.45, 2.75) is 0 Å². The fourth-order valence-corrected chi connectivity index (χ4v) is 1.63. The van der Waals surface area contributed by atoms with E-state index < -0.39 is 16.5 Å². The van der Waals surface area contributed by atoms with Crippen molar-refractivity contribution in [1.82, 2.24) is 0 Å². The molecule has 0 N–H and O–H groups in total. The molecule has 0 saturated heterocycles. The summed E-state index contributed by atoms with van der Waals surface area (Å²) in [5.41, 5.74) is 0. The molecule has 0 unspecified atom stereocenters. The fraction of sp³-hybridized carbons (Fsp3) is 0.250. The van der Waals surface area contributed by atoms with Gasteiger partial charge in [0.15, 0.2) is 0 Å². The maximum absolute atomic E-state index is 4.88. The molecule has 0 aromatic heterocycles. The predicted molar refractivity (Wildman–Crippen MR) is 57.9 cm³/mol. The van der Waals surface area contributed by atoms with Gasteiger partial charge in [-0.25, -0.2) is 0 Å². The zero-order chi connectivity index (χ0) is 9.40. The molecule has 0 spiro atoms. The van der Waals surface area contributed by atoms with Crippen molar-refractivity contribution in [2.24, 2.45) is 0 Å². The summed E-state index contributed by atoms with van der Waals surface area (Å²) in [5, 5.41) is 1.52. The van der Waals surface area contributed by atoms with Gasteiger partial charge in [-0.3, -0.25) is 0 Å². The summed E-state index contributed by atoms with van der Waals surface area (Å²) in [5.74, 6) is 0. The zero-order valence-corrected chi connectivity index (χ0v) is 11.7. The molecule has 0 radical (unpaired) electrons. The van der Waals surface area contributed by atoms with Gasteiger partial charge in [0.05, 0.1) is 18.6 Å². The first kappa shape index (κ1) is 12.9. The number of rotatable bonds is 1. The summed E-state index contributed by atoms with van der Waals surface area (Å²) in [6, 6.07) is 10.7. The molecule has 1 aromatic carbocycles. The standard InChI is InChI=1S/C8H11P.2ClH.Pt/c1-9(2)8-6-4-3-5-7-8;;;/h3-7H,1-2H3;2*1H;/q;;;+2/p-1. The van der Waals surface area contributed by atoms with Gasteiger partial charge in [-0.1, -0.05) is 18.2 Å². The normalized spacial score (nSPS) is 9.42. The van der Waals surface area contributed by atoms with Crippen LogP contribution in [0.15, 0.2) is 30.3 Å². The summed E-state index contributed by atoms with van der Waals surface area (Å²) in [4.78, 5) is 0. The first-order chi connectivity index (χ1) is 5.72. The van der Waals surface area contributed by atoms with Crippen LogP contribution in [0, 0.1) is 0 Å². The SMILES string of the molecule is C[PH+](C)c1ccccc1.[Cl][Pt][Cl]. The number of halogens is 2. The third-order valence-electron chi connectivity index (χ3n) is 1.35. The molecule has 0 aliphatic heterocycles. The Morgan fingerprint density at radius 1 is 1.08 bits per heavy atom. The second-order valence-electron chi connectivity index (χ2n) is 2.41. The van der Waals surface area contributed by atoms with Crippen LogP contribution in [0.1, 0.15) is 0 Å². The van der Waals surface area contributed by atoms with Crippen LogP contribution in [0.2, 0.25) is 0 Å². The van der Waals surface area contributed by atoms with E-state index in [1.165, 1.54) is 5.30 Å². The van der Waals surface area contributed by atoms with E-state index in [4.69, 9.17) is 18.8 Å². The van der Waals surface area contributed by atoms with Crippen LogP contribution in [-0.2, 0) is 16.5 Å². The van der Waals surface area contributed by atoms with Crippen molar-refractivity contribution in [1.29, 1.82) is 0 Å². The van der Waals surface area contributed by atoms with Crippen LogP contribution in [-0.4, -0.2) is 13.3 Å². The van der Waals surface area contributed by atoms with Crippen LogP contribution in [0.4, 0.5) is 0 Å². The van der Waals surface area contributed by atoms with Crippen molar-refractivity contribution in [3.8, 4) is 0 Å². The van der Waals surface area contributed by atoms with E-state index in [1.54, 1.807) is 0 Å². The van der Waals surface area contributed by atoms with Crippen molar-refractivity contribution in [2.75, 3.05) is 13.3 Å². The molecule has 0 nitrogen and oxygen atoms in total. The topological polar surface area (TPSA) is 0 Å². The number of hydrogen-bond acceptors (Lipinski definition) is 0. The van der Waals surface area contributed by atoms with Crippen LogP contribution in [0.25, 0.3) is 0 Å². The van der Waals surface area contributed by atoms with E-state index in [0.717, 1.165) is 0 Å². The van der Waals surface area contributed by atoms with Gasteiger partial charge in [0.25, 0.3) is 0 Å². The van der Waals surface area contributed by atoms with Gasteiger partial charge in [-0.2, -0.15) is 0 Å². The van der Waals surface area contributed by atoms with Gasteiger partial charge in [0.2, 0.25) is 0 Å². The zero-order valence-electron chi connectivity index (χ0n) is 6.96. The molecule has 0 bridgehead atoms. The van der Waals surface area contributed by atoms with E-state index in [-0.39, 0.29) is 7.92 Å². The molecule has 4 heteroatoms. The second kappa shape index (κ2) is 8.51. The minimum atomic E-state index is -0.472. The van der Waals surface area contributed by atoms with Crippen LogP contribution in [0.5, 0.6) is 0 Å². The van der Waals surface area contributed by atoms with E-state index in [1.807, 2.05) is 0 Å². The Labute approximate surface area is 91.8 Å². The predicted octanol–water partition coefficient (Wildman–Crippen LogP) is 3.16. The van der Waals surface area contributed by atoms with Gasteiger partial charge < -0.3 is 0 Å². The Morgan fingerprint density at radius 3 is 1.75 bits per heavy atom. The first-order valence-corrected chi connectivity index (χ1v) is 11.5. The third-order valence-corrected chi connectivity index (χ3v) is 2.84. The Kier molecular flexibility index (Phi) is 9.17. The third kappa shape index (κ3) is 6.44. The quantitative estimate of drug-likeness (QED) is 0.630. The van der Waals surface area contributed by atoms with E-state index in [0.29, 0.717) is 0 Å². The first-order valence-electron chi connectivity index (χ1n) is 3.40. The molecule has 0 amide bonds. The average Bonchev–Trinajstić information content (AvgIpc) is 2.07. The fourth-order valence-electron chi connectivity index (χ4n) is 0.771. The van der Waals surface area contributed by atoms with E-state index >= 15 is 0 Å². The molecule has 1 rings (SSSR count). The molecule has 72 valence electrons. The van der Waals surface area contributed by atoms with Gasteiger partial charge in [-0.05, 0) is 12.1 Å². The Morgan fingerprint density at radius 2 is 1.50 bits per heavy atom. The molecule has 0 fully saturated rings. The molecule has 0 heterocycles. The molecule has 1 aromatic rings. The molecule has 0 atom stereocenters. The van der Waals surface area contributed by atoms with Crippen molar-refractivity contribution < 1.29 is 16.5 Å². The summed E-state index contributed by atoms with van der Waals surface area (Å²) in [6.07, 6.45) is 0. The van der Waals surface area contributed by atoms with Crippen LogP contribution >= 0.6 is 26.8 Å². The Hall–Kier alpha value is 0.918. The minimum absolute atomic E-state index is 0.212. The summed E-state index contributed by atoms with van der Waals surface area (Å²) < 4.78 is 0. The van der Waals surface area contributed by atoms with Crippen molar-refractivity contribution in [3.05, 3.63) is 30.3 Å². The Bertz CT molecular complexity index is 192. The second-order valence-corrected chi connectivity index (χ2v) is 8.27. The van der Waals surface area contributed by atoms with Gasteiger partial charge >= 0.3 is 35.3 Å². The summed E-state index contributed by atoms with van der Waals surface area (Å²) in [6.45, 7) is 4.61. The molecule has 0 saturated carbocycles. The summed E-state index contributed by atoms with van der Waals surface area (Å²) in [7, 11) is 9.54. The molecule has 12 heavy (non-hydrogen) atoms. The number of hydrogen-bond donors (Lipinski definition) is 0. The van der Waals surface area contributed by atoms with E-state index in [2.05, 4.69) is 43.7 Å². The number of benzene rings is 1. The van der Waals surface area contributed by atoms with Gasteiger partial charge in [0, 0.05) is 7.92 Å². The van der Waals surface area contributed by atoms with Crippen LogP contribution in [0.3, 0.4) is 0 Å². The van der Waals surface area contributed by atoms with Gasteiger partial charge in [-0.15, -0.1) is 0 Å². The molecular weight excluding hydrogens is 393 g/mol. The molecule has 0 aliphatic rings.